The van der Waals surface area contributed by atoms with Gasteiger partial charge in [-0.3, -0.25) is 4.79 Å². The highest BCUT2D eigenvalue weighted by Crippen LogP contribution is 2.15. The van der Waals surface area contributed by atoms with Gasteiger partial charge in [-0.1, -0.05) is 54.6 Å². The van der Waals surface area contributed by atoms with Gasteiger partial charge in [0.15, 0.2) is 5.78 Å². The van der Waals surface area contributed by atoms with Crippen molar-refractivity contribution in [2.24, 2.45) is 5.92 Å². The number of carbonyl (C=O) groups excluding carboxylic acids is 1. The lowest BCUT2D eigenvalue weighted by molar-refractivity contribution is 0.0964. The smallest absolute Gasteiger partial charge is 0.173 e. The van der Waals surface area contributed by atoms with Gasteiger partial charge in [-0.05, 0) is 6.42 Å². The molecule has 0 atom stereocenters. The largest absolute Gasteiger partial charge is 0.293 e. The molecule has 1 aliphatic carbocycles. The summed E-state index contributed by atoms with van der Waals surface area (Å²) in [6.45, 7) is 0. The maximum absolute atomic E-state index is 11.9. The molecule has 0 N–H and O–H groups in total. The molecule has 0 aromatic heterocycles. The van der Waals surface area contributed by atoms with Gasteiger partial charge in [0.05, 0.1) is 5.92 Å². The molecule has 0 aliphatic heterocycles. The van der Waals surface area contributed by atoms with E-state index in [1.807, 2.05) is 54.6 Å². The Morgan fingerprint density at radius 3 is 2.36 bits per heavy atom. The molecule has 1 aromatic carbocycles. The van der Waals surface area contributed by atoms with Crippen molar-refractivity contribution in [2.45, 2.75) is 6.42 Å². The molecule has 14 heavy (non-hydrogen) atoms. The quantitative estimate of drug-likeness (QED) is 0.510. The molecule has 0 saturated heterocycles. The Kier molecular flexibility index (Phi) is 2.59. The van der Waals surface area contributed by atoms with Gasteiger partial charge < -0.3 is 0 Å². The van der Waals surface area contributed by atoms with E-state index in [4.69, 9.17) is 0 Å². The first kappa shape index (κ1) is 8.95. The van der Waals surface area contributed by atoms with E-state index in [9.17, 15) is 4.79 Å². The van der Waals surface area contributed by atoms with Crippen LogP contribution in [0.1, 0.15) is 16.8 Å². The molecule has 1 heteroatoms. The highest BCUT2D eigenvalue weighted by atomic mass is 16.1. The van der Waals surface area contributed by atoms with Crippen molar-refractivity contribution in [1.82, 2.24) is 0 Å². The van der Waals surface area contributed by atoms with E-state index in [-0.39, 0.29) is 11.7 Å². The maximum atomic E-state index is 11.9. The van der Waals surface area contributed by atoms with E-state index in [1.165, 1.54) is 0 Å². The molecule has 0 heterocycles. The molecular weight excluding hydrogens is 172 g/mol. The Labute approximate surface area is 83.8 Å². The number of Topliss-reactive ketones (excluding diaryl/α,β-unsaturated/α-hetero) is 1. The number of hydrogen-bond acceptors (Lipinski definition) is 1. The molecule has 1 aromatic rings. The average molecular weight is 184 g/mol. The first-order valence-electron chi connectivity index (χ1n) is 4.80. The summed E-state index contributed by atoms with van der Waals surface area (Å²) in [6, 6.07) is 9.42. The first-order chi connectivity index (χ1) is 6.88. The molecule has 1 aliphatic rings. The van der Waals surface area contributed by atoms with Crippen LogP contribution >= 0.6 is 0 Å². The topological polar surface area (TPSA) is 17.1 Å². The first-order valence-corrected chi connectivity index (χ1v) is 4.80. The zero-order valence-corrected chi connectivity index (χ0v) is 7.89. The fourth-order valence-corrected chi connectivity index (χ4v) is 1.56. The van der Waals surface area contributed by atoms with Gasteiger partial charge in [-0.15, -0.1) is 0 Å². The minimum atomic E-state index is -0.0638. The monoisotopic (exact) mass is 184 g/mol. The van der Waals surface area contributed by atoms with Crippen molar-refractivity contribution in [2.75, 3.05) is 0 Å². The third-order valence-electron chi connectivity index (χ3n) is 2.32. The third kappa shape index (κ3) is 1.82. The average Bonchev–Trinajstić information content (AvgIpc) is 2.30. The molecular formula is C13H12O. The molecule has 0 bridgehead atoms. The van der Waals surface area contributed by atoms with Crippen LogP contribution in [0.3, 0.4) is 0 Å². The summed E-state index contributed by atoms with van der Waals surface area (Å²) in [6.07, 6.45) is 8.94. The molecule has 70 valence electrons. The minimum Gasteiger partial charge on any atom is -0.293 e. The van der Waals surface area contributed by atoms with E-state index >= 15 is 0 Å². The number of ketones is 1. The van der Waals surface area contributed by atoms with Gasteiger partial charge in [0, 0.05) is 5.56 Å². The zero-order chi connectivity index (χ0) is 9.80. The fraction of sp³-hybridized carbons (Fsp3) is 0.154. The third-order valence-corrected chi connectivity index (χ3v) is 2.32. The molecule has 2 rings (SSSR count). The summed E-state index contributed by atoms with van der Waals surface area (Å²) in [7, 11) is 0. The second-order valence-electron chi connectivity index (χ2n) is 3.35. The van der Waals surface area contributed by atoms with Gasteiger partial charge in [0.2, 0.25) is 0 Å². The number of hydrogen-bond donors (Lipinski definition) is 0. The number of benzene rings is 1. The Morgan fingerprint density at radius 1 is 1.07 bits per heavy atom. The van der Waals surface area contributed by atoms with Gasteiger partial charge in [-0.2, -0.15) is 0 Å². The number of allylic oxidation sites excluding steroid dienone is 4. The van der Waals surface area contributed by atoms with Crippen LogP contribution in [0.25, 0.3) is 0 Å². The van der Waals surface area contributed by atoms with Crippen LogP contribution < -0.4 is 0 Å². The second kappa shape index (κ2) is 4.05. The van der Waals surface area contributed by atoms with Crippen molar-refractivity contribution >= 4 is 5.78 Å². The van der Waals surface area contributed by atoms with Crippen molar-refractivity contribution in [1.29, 1.82) is 0 Å². The Bertz CT molecular complexity index is 361. The van der Waals surface area contributed by atoms with Gasteiger partial charge in [0.25, 0.3) is 0 Å². The minimum absolute atomic E-state index is 0.0638. The van der Waals surface area contributed by atoms with Crippen molar-refractivity contribution in [3.8, 4) is 0 Å². The van der Waals surface area contributed by atoms with Crippen molar-refractivity contribution in [3.63, 3.8) is 0 Å². The van der Waals surface area contributed by atoms with Crippen LogP contribution in [0.4, 0.5) is 0 Å². The molecule has 0 unspecified atom stereocenters. The lowest BCUT2D eigenvalue weighted by Gasteiger charge is -2.09. The van der Waals surface area contributed by atoms with Crippen LogP contribution in [0.2, 0.25) is 0 Å². The Balaban J connectivity index is 2.20. The van der Waals surface area contributed by atoms with E-state index in [2.05, 4.69) is 0 Å². The Morgan fingerprint density at radius 2 is 1.71 bits per heavy atom. The predicted molar refractivity (Wildman–Crippen MR) is 57.2 cm³/mol. The number of rotatable bonds is 2. The van der Waals surface area contributed by atoms with E-state index < -0.39 is 0 Å². The summed E-state index contributed by atoms with van der Waals surface area (Å²) in [4.78, 5) is 11.9. The fourth-order valence-electron chi connectivity index (χ4n) is 1.56. The summed E-state index contributed by atoms with van der Waals surface area (Å²) >= 11 is 0. The molecule has 0 fully saturated rings. The van der Waals surface area contributed by atoms with Gasteiger partial charge in [-0.25, -0.2) is 0 Å². The van der Waals surface area contributed by atoms with Crippen LogP contribution in [-0.2, 0) is 0 Å². The SMILES string of the molecule is O=C(c1ccccc1)C1C=CCC=C1. The zero-order valence-electron chi connectivity index (χ0n) is 7.89. The second-order valence-corrected chi connectivity index (χ2v) is 3.35. The predicted octanol–water partition coefficient (Wildman–Crippen LogP) is 3.00. The van der Waals surface area contributed by atoms with E-state index in [0.29, 0.717) is 0 Å². The Hall–Kier alpha value is -1.63. The summed E-state index contributed by atoms with van der Waals surface area (Å²) in [5.74, 6) is 0.115. The van der Waals surface area contributed by atoms with Gasteiger partial charge >= 0.3 is 0 Å². The van der Waals surface area contributed by atoms with Crippen LogP contribution in [0.5, 0.6) is 0 Å². The molecule has 0 spiro atoms. The summed E-state index contributed by atoms with van der Waals surface area (Å²) < 4.78 is 0. The summed E-state index contributed by atoms with van der Waals surface area (Å²) in [5, 5.41) is 0. The highest BCUT2D eigenvalue weighted by Gasteiger charge is 2.14. The lowest BCUT2D eigenvalue weighted by Crippen LogP contribution is -2.11. The molecule has 0 saturated carbocycles. The molecule has 0 amide bonds. The molecule has 1 nitrogen and oxygen atoms in total. The van der Waals surface area contributed by atoms with E-state index in [1.54, 1.807) is 0 Å². The maximum Gasteiger partial charge on any atom is 0.173 e. The lowest BCUT2D eigenvalue weighted by atomic mass is 9.94. The van der Waals surface area contributed by atoms with Crippen molar-refractivity contribution < 1.29 is 4.79 Å². The van der Waals surface area contributed by atoms with Crippen LogP contribution in [-0.4, -0.2) is 5.78 Å². The van der Waals surface area contributed by atoms with Crippen molar-refractivity contribution in [3.05, 3.63) is 60.2 Å². The standard InChI is InChI=1S/C13H12O/c14-13(11-7-3-1-4-8-11)12-9-5-2-6-10-12/h1,3-10,12H,2H2. The normalized spacial score (nSPS) is 15.7. The number of carbonyl (C=O) groups is 1. The highest BCUT2D eigenvalue weighted by molar-refractivity contribution is 6.00. The summed E-state index contributed by atoms with van der Waals surface area (Å²) in [5.41, 5.74) is 0.786. The van der Waals surface area contributed by atoms with Gasteiger partial charge in [0.1, 0.15) is 0 Å². The van der Waals surface area contributed by atoms with E-state index in [0.717, 1.165) is 12.0 Å². The van der Waals surface area contributed by atoms with Crippen LogP contribution in [0, 0.1) is 5.92 Å². The molecule has 0 radical (unpaired) electrons. The van der Waals surface area contributed by atoms with Crippen LogP contribution in [0.15, 0.2) is 54.6 Å².